The van der Waals surface area contributed by atoms with E-state index >= 15 is 0 Å². The van der Waals surface area contributed by atoms with Crippen LogP contribution in [0.25, 0.3) is 11.0 Å². The van der Waals surface area contributed by atoms with Crippen LogP contribution in [0.3, 0.4) is 0 Å². The first-order chi connectivity index (χ1) is 10.4. The lowest BCUT2D eigenvalue weighted by Crippen LogP contribution is -2.44. The van der Waals surface area contributed by atoms with E-state index in [9.17, 15) is 8.42 Å². The molecule has 0 amide bonds. The van der Waals surface area contributed by atoms with Gasteiger partial charge in [-0.15, -0.1) is 0 Å². The molecule has 1 fully saturated rings. The van der Waals surface area contributed by atoms with Crippen LogP contribution in [0, 0.1) is 6.92 Å². The molecule has 7 heteroatoms. The summed E-state index contributed by atoms with van der Waals surface area (Å²) < 4.78 is 24.9. The van der Waals surface area contributed by atoms with Gasteiger partial charge >= 0.3 is 0 Å². The van der Waals surface area contributed by atoms with Crippen LogP contribution in [0.1, 0.15) is 18.5 Å². The van der Waals surface area contributed by atoms with Gasteiger partial charge < -0.3 is 5.32 Å². The van der Waals surface area contributed by atoms with Gasteiger partial charge in [0, 0.05) is 19.1 Å². The second-order valence-corrected chi connectivity index (χ2v) is 7.73. The largest absolute Gasteiger partial charge is 0.364 e. The normalized spacial score (nSPS) is 20.2. The zero-order valence-electron chi connectivity index (χ0n) is 12.8. The predicted molar refractivity (Wildman–Crippen MR) is 87.3 cm³/mol. The van der Waals surface area contributed by atoms with Gasteiger partial charge in [-0.3, -0.25) is 0 Å². The molecule has 0 saturated carbocycles. The monoisotopic (exact) mass is 320 g/mol. The summed E-state index contributed by atoms with van der Waals surface area (Å²) >= 11 is 0. The van der Waals surface area contributed by atoms with E-state index in [-0.39, 0.29) is 6.04 Å². The molecule has 1 aliphatic rings. The number of hydrogen-bond acceptors (Lipinski definition) is 5. The lowest BCUT2D eigenvalue weighted by molar-refractivity contribution is 0.329. The lowest BCUT2D eigenvalue weighted by atomic mass is 10.1. The van der Waals surface area contributed by atoms with E-state index in [1.807, 2.05) is 31.2 Å². The minimum absolute atomic E-state index is 0.0673. The van der Waals surface area contributed by atoms with Crippen molar-refractivity contribution < 1.29 is 8.42 Å². The van der Waals surface area contributed by atoms with E-state index in [0.717, 1.165) is 35.4 Å². The summed E-state index contributed by atoms with van der Waals surface area (Å²) in [5.74, 6) is 0.735. The summed E-state index contributed by atoms with van der Waals surface area (Å²) in [7, 11) is -3.14. The van der Waals surface area contributed by atoms with E-state index in [1.54, 1.807) is 0 Å². The highest BCUT2D eigenvalue weighted by atomic mass is 32.2. The van der Waals surface area contributed by atoms with Crippen LogP contribution in [-0.4, -0.2) is 48.1 Å². The van der Waals surface area contributed by atoms with Crippen molar-refractivity contribution in [3.63, 3.8) is 0 Å². The Hall–Kier alpha value is -1.73. The number of anilines is 1. The molecule has 118 valence electrons. The molecule has 0 bridgehead atoms. The van der Waals surface area contributed by atoms with Gasteiger partial charge in [-0.05, 0) is 31.9 Å². The number of hydrogen-bond donors (Lipinski definition) is 1. The average molecular weight is 320 g/mol. The van der Waals surface area contributed by atoms with Gasteiger partial charge in [0.15, 0.2) is 0 Å². The van der Waals surface area contributed by atoms with Crippen molar-refractivity contribution >= 4 is 26.9 Å². The number of aryl methyl sites for hydroxylation is 1. The van der Waals surface area contributed by atoms with Crippen LogP contribution in [0.2, 0.25) is 0 Å². The Morgan fingerprint density at radius 1 is 1.23 bits per heavy atom. The molecule has 3 rings (SSSR count). The number of benzene rings is 1. The molecular formula is C15H20N4O2S. The van der Waals surface area contributed by atoms with Gasteiger partial charge in [0.05, 0.1) is 23.0 Å². The highest BCUT2D eigenvalue weighted by molar-refractivity contribution is 7.88. The average Bonchev–Trinajstić information content (AvgIpc) is 2.47. The Kier molecular flexibility index (Phi) is 4.01. The zero-order chi connectivity index (χ0) is 15.7. The molecule has 1 aromatic carbocycles. The lowest BCUT2D eigenvalue weighted by Gasteiger charge is -2.31. The van der Waals surface area contributed by atoms with Crippen LogP contribution >= 0.6 is 0 Å². The highest BCUT2D eigenvalue weighted by Gasteiger charge is 2.26. The first-order valence-electron chi connectivity index (χ1n) is 7.38. The molecule has 2 aromatic rings. The molecule has 6 nitrogen and oxygen atoms in total. The van der Waals surface area contributed by atoms with Crippen molar-refractivity contribution in [1.29, 1.82) is 0 Å². The second kappa shape index (κ2) is 5.81. The minimum atomic E-state index is -3.14. The third-order valence-electron chi connectivity index (χ3n) is 3.94. The Morgan fingerprint density at radius 3 is 2.59 bits per heavy atom. The number of piperidine rings is 1. The van der Waals surface area contributed by atoms with Crippen LogP contribution in [-0.2, 0) is 10.0 Å². The number of nitrogens with one attached hydrogen (secondary N) is 1. The molecule has 22 heavy (non-hydrogen) atoms. The van der Waals surface area contributed by atoms with Crippen LogP contribution in [0.15, 0.2) is 24.3 Å². The number of fused-ring (bicyclic) bond motifs is 1. The van der Waals surface area contributed by atoms with E-state index < -0.39 is 10.0 Å². The van der Waals surface area contributed by atoms with E-state index in [1.165, 1.54) is 10.6 Å². The number of aromatic nitrogens is 2. The smallest absolute Gasteiger partial charge is 0.211 e. The summed E-state index contributed by atoms with van der Waals surface area (Å²) in [5.41, 5.74) is 2.54. The van der Waals surface area contributed by atoms with Gasteiger partial charge in [-0.1, -0.05) is 12.1 Å². The molecule has 0 aliphatic carbocycles. The number of sulfonamides is 1. The van der Waals surface area contributed by atoms with Gasteiger partial charge in [0.25, 0.3) is 0 Å². The zero-order valence-corrected chi connectivity index (χ0v) is 13.6. The molecule has 1 saturated heterocycles. The maximum absolute atomic E-state index is 11.7. The van der Waals surface area contributed by atoms with E-state index in [2.05, 4.69) is 15.3 Å². The quantitative estimate of drug-likeness (QED) is 0.933. The van der Waals surface area contributed by atoms with Crippen LogP contribution in [0.5, 0.6) is 0 Å². The standard InChI is InChI=1S/C15H20N4O2S/c1-11-15(18-14-8-4-3-7-13(14)16-11)17-12-6-5-9-19(10-12)22(2,20)21/h3-4,7-8,12H,5-6,9-10H2,1-2H3,(H,17,18). The van der Waals surface area contributed by atoms with Crippen molar-refractivity contribution in [2.75, 3.05) is 24.7 Å². The number of para-hydroxylation sites is 2. The number of rotatable bonds is 3. The highest BCUT2D eigenvalue weighted by Crippen LogP contribution is 2.20. The number of nitrogens with zero attached hydrogens (tertiary/aromatic N) is 3. The Bertz CT molecular complexity index is 791. The first-order valence-corrected chi connectivity index (χ1v) is 9.23. The molecule has 0 spiro atoms. The van der Waals surface area contributed by atoms with Crippen molar-refractivity contribution in [1.82, 2.24) is 14.3 Å². The van der Waals surface area contributed by atoms with Crippen molar-refractivity contribution in [3.05, 3.63) is 30.0 Å². The second-order valence-electron chi connectivity index (χ2n) is 5.75. The summed E-state index contributed by atoms with van der Waals surface area (Å²) in [4.78, 5) is 9.17. The minimum Gasteiger partial charge on any atom is -0.364 e. The molecule has 1 aliphatic heterocycles. The summed E-state index contributed by atoms with van der Waals surface area (Å²) in [6.45, 7) is 2.99. The van der Waals surface area contributed by atoms with Gasteiger partial charge in [-0.2, -0.15) is 0 Å². The predicted octanol–water partition coefficient (Wildman–Crippen LogP) is 1.77. The summed E-state index contributed by atoms with van der Waals surface area (Å²) in [5, 5.41) is 3.36. The molecule has 1 aromatic heterocycles. The van der Waals surface area contributed by atoms with Gasteiger partial charge in [0.2, 0.25) is 10.0 Å². The Morgan fingerprint density at radius 2 is 1.91 bits per heavy atom. The van der Waals surface area contributed by atoms with Crippen LogP contribution < -0.4 is 5.32 Å². The van der Waals surface area contributed by atoms with Crippen LogP contribution in [0.4, 0.5) is 5.82 Å². The maximum atomic E-state index is 11.7. The van der Waals surface area contributed by atoms with E-state index in [4.69, 9.17) is 0 Å². The van der Waals surface area contributed by atoms with Gasteiger partial charge in [0.1, 0.15) is 5.82 Å². The topological polar surface area (TPSA) is 75.2 Å². The van der Waals surface area contributed by atoms with Crippen molar-refractivity contribution in [3.8, 4) is 0 Å². The summed E-state index contributed by atoms with van der Waals surface area (Å²) in [6, 6.07) is 7.80. The Balaban J connectivity index is 1.82. The SMILES string of the molecule is Cc1nc2ccccc2nc1NC1CCCN(S(C)(=O)=O)C1. The fourth-order valence-electron chi connectivity index (χ4n) is 2.78. The molecule has 1 unspecified atom stereocenters. The fourth-order valence-corrected chi connectivity index (χ4v) is 3.69. The Labute approximate surface area is 130 Å². The van der Waals surface area contributed by atoms with Crippen molar-refractivity contribution in [2.24, 2.45) is 0 Å². The van der Waals surface area contributed by atoms with Gasteiger partial charge in [-0.25, -0.2) is 22.7 Å². The molecule has 1 atom stereocenters. The molecule has 2 heterocycles. The first kappa shape index (κ1) is 15.2. The maximum Gasteiger partial charge on any atom is 0.211 e. The summed E-state index contributed by atoms with van der Waals surface area (Å²) in [6.07, 6.45) is 3.04. The molecule has 1 N–H and O–H groups in total. The third kappa shape index (κ3) is 3.20. The van der Waals surface area contributed by atoms with E-state index in [0.29, 0.717) is 13.1 Å². The fraction of sp³-hybridized carbons (Fsp3) is 0.467. The van der Waals surface area contributed by atoms with Crippen molar-refractivity contribution in [2.45, 2.75) is 25.8 Å². The third-order valence-corrected chi connectivity index (χ3v) is 5.21. The molecule has 0 radical (unpaired) electrons. The molecular weight excluding hydrogens is 300 g/mol.